The van der Waals surface area contributed by atoms with Crippen LogP contribution in [0.5, 0.6) is 5.75 Å². The van der Waals surface area contributed by atoms with E-state index in [9.17, 15) is 14.0 Å². The Morgan fingerprint density at radius 1 is 1.43 bits per heavy atom. The summed E-state index contributed by atoms with van der Waals surface area (Å²) >= 11 is 0. The summed E-state index contributed by atoms with van der Waals surface area (Å²) in [5, 5.41) is 11.8. The van der Waals surface area contributed by atoms with E-state index in [2.05, 4.69) is 5.32 Å². The lowest BCUT2D eigenvalue weighted by Crippen LogP contribution is -2.45. The minimum Gasteiger partial charge on any atom is -0.481 e. The van der Waals surface area contributed by atoms with Gasteiger partial charge in [-0.1, -0.05) is 12.5 Å². The lowest BCUT2D eigenvalue weighted by Gasteiger charge is -2.21. The zero-order valence-corrected chi connectivity index (χ0v) is 11.7. The van der Waals surface area contributed by atoms with Gasteiger partial charge in [0.05, 0.1) is 5.92 Å². The Kier molecular flexibility index (Phi) is 4.77. The van der Waals surface area contributed by atoms with Gasteiger partial charge in [-0.25, -0.2) is 4.39 Å². The zero-order valence-electron chi connectivity index (χ0n) is 11.7. The van der Waals surface area contributed by atoms with Crippen LogP contribution >= 0.6 is 0 Å². The second-order valence-corrected chi connectivity index (χ2v) is 5.21. The summed E-state index contributed by atoms with van der Waals surface area (Å²) < 4.78 is 18.4. The van der Waals surface area contributed by atoms with Crippen LogP contribution in [0.25, 0.3) is 0 Å². The normalized spacial score (nSPS) is 22.6. The van der Waals surface area contributed by atoms with Crippen molar-refractivity contribution >= 4 is 11.9 Å². The highest BCUT2D eigenvalue weighted by atomic mass is 19.1. The average Bonchev–Trinajstić information content (AvgIpc) is 2.87. The summed E-state index contributed by atoms with van der Waals surface area (Å²) in [6.07, 6.45) is 1.18. The molecule has 114 valence electrons. The molecule has 6 heteroatoms. The maximum absolute atomic E-state index is 13.0. The van der Waals surface area contributed by atoms with Crippen molar-refractivity contribution in [1.29, 1.82) is 0 Å². The molecular formula is C15H18FNO4. The van der Waals surface area contributed by atoms with E-state index in [0.29, 0.717) is 12.8 Å². The highest BCUT2D eigenvalue weighted by Crippen LogP contribution is 2.26. The highest BCUT2D eigenvalue weighted by Gasteiger charge is 2.34. The van der Waals surface area contributed by atoms with Crippen LogP contribution in [0.1, 0.15) is 26.2 Å². The zero-order chi connectivity index (χ0) is 15.4. The van der Waals surface area contributed by atoms with E-state index >= 15 is 0 Å². The van der Waals surface area contributed by atoms with Gasteiger partial charge < -0.3 is 15.2 Å². The SMILES string of the molecule is CC(Oc1cccc(F)c1)C(=O)NC1CCCC1C(=O)O. The van der Waals surface area contributed by atoms with Gasteiger partial charge >= 0.3 is 5.97 Å². The lowest BCUT2D eigenvalue weighted by atomic mass is 10.0. The van der Waals surface area contributed by atoms with Gasteiger partial charge in [0.2, 0.25) is 0 Å². The molecule has 3 atom stereocenters. The summed E-state index contributed by atoms with van der Waals surface area (Å²) in [4.78, 5) is 23.1. The molecule has 0 aromatic heterocycles. The second-order valence-electron chi connectivity index (χ2n) is 5.21. The van der Waals surface area contributed by atoms with Gasteiger partial charge in [-0.15, -0.1) is 0 Å². The first kappa shape index (κ1) is 15.3. The second kappa shape index (κ2) is 6.56. The Bertz CT molecular complexity index is 534. The van der Waals surface area contributed by atoms with E-state index in [-0.39, 0.29) is 11.8 Å². The molecule has 1 aromatic carbocycles. The van der Waals surface area contributed by atoms with E-state index in [4.69, 9.17) is 9.84 Å². The Morgan fingerprint density at radius 2 is 2.19 bits per heavy atom. The number of rotatable bonds is 5. The van der Waals surface area contributed by atoms with Crippen molar-refractivity contribution in [2.75, 3.05) is 0 Å². The number of hydrogen-bond donors (Lipinski definition) is 2. The van der Waals surface area contributed by atoms with Gasteiger partial charge in [0, 0.05) is 12.1 Å². The van der Waals surface area contributed by atoms with Gasteiger partial charge in [-0.3, -0.25) is 9.59 Å². The van der Waals surface area contributed by atoms with Crippen molar-refractivity contribution in [2.45, 2.75) is 38.3 Å². The molecule has 21 heavy (non-hydrogen) atoms. The number of benzene rings is 1. The van der Waals surface area contributed by atoms with Crippen LogP contribution in [0.3, 0.4) is 0 Å². The quantitative estimate of drug-likeness (QED) is 0.870. The fraction of sp³-hybridized carbons (Fsp3) is 0.467. The van der Waals surface area contributed by atoms with Crippen molar-refractivity contribution in [2.24, 2.45) is 5.92 Å². The highest BCUT2D eigenvalue weighted by molar-refractivity contribution is 5.82. The Hall–Kier alpha value is -2.11. The number of ether oxygens (including phenoxy) is 1. The number of carbonyl (C=O) groups excluding carboxylic acids is 1. The average molecular weight is 295 g/mol. The number of hydrogen-bond acceptors (Lipinski definition) is 3. The van der Waals surface area contributed by atoms with Crippen molar-refractivity contribution in [3.8, 4) is 5.75 Å². The summed E-state index contributed by atoms with van der Waals surface area (Å²) in [5.41, 5.74) is 0. The van der Waals surface area contributed by atoms with Crippen molar-refractivity contribution < 1.29 is 23.8 Å². The molecule has 0 saturated heterocycles. The van der Waals surface area contributed by atoms with Gasteiger partial charge in [-0.05, 0) is 31.9 Å². The Labute approximate surface area is 122 Å². The predicted molar refractivity (Wildman–Crippen MR) is 73.4 cm³/mol. The summed E-state index contributed by atoms with van der Waals surface area (Å²) in [6, 6.07) is 5.16. The molecule has 1 aliphatic carbocycles. The molecule has 0 aliphatic heterocycles. The maximum atomic E-state index is 13.0. The largest absolute Gasteiger partial charge is 0.481 e. The number of carbonyl (C=O) groups is 2. The number of aliphatic carboxylic acids is 1. The van der Waals surface area contributed by atoms with Crippen LogP contribution in [0.4, 0.5) is 4.39 Å². The van der Waals surface area contributed by atoms with E-state index in [1.54, 1.807) is 13.0 Å². The van der Waals surface area contributed by atoms with Gasteiger partial charge in [0.1, 0.15) is 11.6 Å². The third-order valence-electron chi connectivity index (χ3n) is 3.64. The Balaban J connectivity index is 1.92. The number of nitrogens with one attached hydrogen (secondary N) is 1. The minimum atomic E-state index is -0.892. The van der Waals surface area contributed by atoms with Crippen molar-refractivity contribution in [1.82, 2.24) is 5.32 Å². The van der Waals surface area contributed by atoms with Gasteiger partial charge in [0.15, 0.2) is 6.10 Å². The van der Waals surface area contributed by atoms with Crippen LogP contribution in [0.2, 0.25) is 0 Å². The topological polar surface area (TPSA) is 75.6 Å². The summed E-state index contributed by atoms with van der Waals surface area (Å²) in [5.74, 6) is -2.01. The first-order chi connectivity index (χ1) is 9.97. The standard InChI is InChI=1S/C15H18FNO4/c1-9(21-11-5-2-4-10(16)8-11)14(18)17-13-7-3-6-12(13)15(19)20/h2,4-5,8-9,12-13H,3,6-7H2,1H3,(H,17,18)(H,19,20). The monoisotopic (exact) mass is 295 g/mol. The molecule has 2 rings (SSSR count). The molecule has 0 heterocycles. The molecule has 0 spiro atoms. The molecule has 1 fully saturated rings. The van der Waals surface area contributed by atoms with Crippen molar-refractivity contribution in [3.05, 3.63) is 30.1 Å². The molecular weight excluding hydrogens is 277 g/mol. The van der Waals surface area contributed by atoms with Crippen LogP contribution < -0.4 is 10.1 Å². The van der Waals surface area contributed by atoms with Crippen LogP contribution in [-0.2, 0) is 9.59 Å². The van der Waals surface area contributed by atoms with E-state index in [1.165, 1.54) is 18.2 Å². The van der Waals surface area contributed by atoms with Gasteiger partial charge in [0.25, 0.3) is 5.91 Å². The molecule has 1 aromatic rings. The van der Waals surface area contributed by atoms with Crippen LogP contribution in [-0.4, -0.2) is 29.1 Å². The molecule has 5 nitrogen and oxygen atoms in total. The van der Waals surface area contributed by atoms with Crippen molar-refractivity contribution in [3.63, 3.8) is 0 Å². The maximum Gasteiger partial charge on any atom is 0.308 e. The minimum absolute atomic E-state index is 0.263. The predicted octanol–water partition coefficient (Wildman–Crippen LogP) is 1.96. The molecule has 1 amide bonds. The number of halogens is 1. The van der Waals surface area contributed by atoms with E-state index in [1.807, 2.05) is 0 Å². The first-order valence-electron chi connectivity index (χ1n) is 6.93. The summed E-state index contributed by atoms with van der Waals surface area (Å²) in [7, 11) is 0. The summed E-state index contributed by atoms with van der Waals surface area (Å²) in [6.45, 7) is 1.55. The smallest absolute Gasteiger partial charge is 0.308 e. The third-order valence-corrected chi connectivity index (χ3v) is 3.64. The van der Waals surface area contributed by atoms with Gasteiger partial charge in [-0.2, -0.15) is 0 Å². The van der Waals surface area contributed by atoms with Crippen LogP contribution in [0, 0.1) is 11.7 Å². The molecule has 0 radical (unpaired) electrons. The Morgan fingerprint density at radius 3 is 2.86 bits per heavy atom. The molecule has 1 saturated carbocycles. The fourth-order valence-corrected chi connectivity index (χ4v) is 2.53. The number of carboxylic acid groups (broad SMARTS) is 1. The first-order valence-corrected chi connectivity index (χ1v) is 6.93. The molecule has 3 unspecified atom stereocenters. The molecule has 2 N–H and O–H groups in total. The van der Waals surface area contributed by atoms with E-state index < -0.39 is 29.7 Å². The molecule has 1 aliphatic rings. The van der Waals surface area contributed by atoms with E-state index in [0.717, 1.165) is 6.42 Å². The fourth-order valence-electron chi connectivity index (χ4n) is 2.53. The third kappa shape index (κ3) is 3.93. The molecule has 0 bridgehead atoms. The van der Waals surface area contributed by atoms with Crippen LogP contribution in [0.15, 0.2) is 24.3 Å². The number of carboxylic acids is 1. The lowest BCUT2D eigenvalue weighted by molar-refractivity contribution is -0.142. The number of amides is 1.